The van der Waals surface area contributed by atoms with Crippen LogP contribution in [0.25, 0.3) is 11.5 Å². The van der Waals surface area contributed by atoms with Gasteiger partial charge in [0, 0.05) is 77.2 Å². The van der Waals surface area contributed by atoms with Crippen LogP contribution in [-0.2, 0) is 20.0 Å². The fourth-order valence-electron chi connectivity index (χ4n) is 7.86. The molecule has 2 radical (unpaired) electrons. The van der Waals surface area contributed by atoms with Gasteiger partial charge in [-0.3, -0.25) is 4.79 Å². The van der Waals surface area contributed by atoms with Gasteiger partial charge in [-0.1, -0.05) is 138 Å². The van der Waals surface area contributed by atoms with E-state index in [0.717, 1.165) is 0 Å². The van der Waals surface area contributed by atoms with E-state index in [1.165, 1.54) is 47.1 Å². The second-order valence-electron chi connectivity index (χ2n) is 18.4. The van der Waals surface area contributed by atoms with Gasteiger partial charge in [-0.25, -0.2) is 45.8 Å². The molecule has 4 N–H and O–H groups in total. The summed E-state index contributed by atoms with van der Waals surface area (Å²) in [6.07, 6.45) is 3.45. The van der Waals surface area contributed by atoms with Gasteiger partial charge in [0.25, 0.3) is 15.9 Å². The molecule has 16 nitrogen and oxygen atoms in total. The minimum absolute atomic E-state index is 0. The Morgan fingerprint density at radius 2 is 1.18 bits per heavy atom. The number of primary sulfonamides is 1. The van der Waals surface area contributed by atoms with Gasteiger partial charge in [0.2, 0.25) is 21.8 Å². The first kappa shape index (κ1) is 58.0. The van der Waals surface area contributed by atoms with Gasteiger partial charge in [0.1, 0.15) is 5.15 Å². The van der Waals surface area contributed by atoms with E-state index in [-0.39, 0.29) is 83.9 Å². The van der Waals surface area contributed by atoms with Gasteiger partial charge in [-0.15, -0.1) is 10.2 Å². The van der Waals surface area contributed by atoms with E-state index in [1.54, 1.807) is 77.7 Å². The van der Waals surface area contributed by atoms with Crippen molar-refractivity contribution in [2.24, 2.45) is 38.6 Å². The molecule has 2 saturated carbocycles. The van der Waals surface area contributed by atoms with Crippen molar-refractivity contribution in [3.05, 3.63) is 137 Å². The average Bonchev–Trinajstić information content (AvgIpc) is 3.71. The predicted molar refractivity (Wildman–Crippen MR) is 281 cm³/mol. The van der Waals surface area contributed by atoms with Gasteiger partial charge in [0.15, 0.2) is 5.82 Å². The summed E-state index contributed by atoms with van der Waals surface area (Å²) >= 11 is 14.1. The van der Waals surface area contributed by atoms with E-state index in [2.05, 4.69) is 78.9 Å². The molecule has 2 aliphatic rings. The van der Waals surface area contributed by atoms with E-state index < -0.39 is 31.9 Å². The molecule has 3 aromatic heterocycles. The molecule has 8 rings (SSSR count). The van der Waals surface area contributed by atoms with Crippen LogP contribution >= 0.6 is 45.8 Å². The fraction of sp³-hybridized carbons (Fsp3) is 0.354. The van der Waals surface area contributed by atoms with E-state index >= 15 is 0 Å². The zero-order chi connectivity index (χ0) is 54.0. The first-order chi connectivity index (χ1) is 33.6. The van der Waals surface area contributed by atoms with Crippen molar-refractivity contribution in [1.82, 2.24) is 29.3 Å². The number of ether oxygens (including phenoxy) is 2. The number of nitrogens with one attached hydrogen (secondary N) is 1. The standard InChI is InChI=1S/C23H25ClN4O4S.C18H21ClN2O3.C6H7NO2S.CH3I.BH.U/c1-22(2)17(23(22,3)4)14-32-19-12-13-28(26-19)18-11-10-16(20(24)25-18)21(29)27-33(30,31)15-8-6-5-7-9-15;1-17(2)14(18(17,3)4)10-24-15-7-8-21(20-15)11-5-6-12(16(22)23)13(19)9-11;7-10(8,9)6-4-2-1-3-5-6;1-2;;/h5-13,17H,14H2,1-4H3,(H,27,29);5-9,14H,10H2,1-4H3,(H,22,23);1-5H,(H2,7,8,9);1H3;1H;/i;;;2*1D;. The minimum atomic E-state index is -4.03. The number of aromatic nitrogens is 5. The number of alkyl halides is 1. The minimum Gasteiger partial charge on any atom is -0.478 e. The van der Waals surface area contributed by atoms with Gasteiger partial charge < -0.3 is 14.6 Å². The van der Waals surface area contributed by atoms with E-state index in [1.807, 2.05) is 27.3 Å². The Balaban J connectivity index is 0.000000306. The van der Waals surface area contributed by atoms with Crippen molar-refractivity contribution in [2.75, 3.05) is 18.1 Å². The molecule has 2 fully saturated rings. The van der Waals surface area contributed by atoms with Crippen LogP contribution in [-0.4, -0.2) is 86.2 Å². The molecule has 0 aliphatic heterocycles. The molecular weight excluding hydrogens is 1330 g/mol. The number of pyridine rings is 1. The van der Waals surface area contributed by atoms with Crippen molar-refractivity contribution in [1.29, 1.82) is 1.34 Å². The molecule has 1 amide bonds. The van der Waals surface area contributed by atoms with Gasteiger partial charge in [-0.2, -0.15) is 0 Å². The molecule has 6 aromatic rings. The van der Waals surface area contributed by atoms with Crippen molar-refractivity contribution >= 4 is 86.1 Å². The van der Waals surface area contributed by atoms with Crippen LogP contribution in [0.15, 0.2) is 125 Å². The molecule has 3 heterocycles. The third-order valence-electron chi connectivity index (χ3n) is 13.7. The number of hydrogen-bond donors (Lipinski definition) is 3. The topological polar surface area (TPSA) is 228 Å². The van der Waals surface area contributed by atoms with E-state index in [9.17, 15) is 26.4 Å². The van der Waals surface area contributed by atoms with Crippen LogP contribution in [0.1, 0.15) is 77.5 Å². The van der Waals surface area contributed by atoms with Gasteiger partial charge in [-0.05, 0) is 82.5 Å². The number of carboxylic acids is 1. The number of halogens is 3. The second kappa shape index (κ2) is 24.4. The molecule has 3 aromatic carbocycles. The van der Waals surface area contributed by atoms with Crippen LogP contribution < -0.4 is 19.3 Å². The SMILES string of the molecule is CC1(C)C(COc2ccn(-c3ccc(C(=O)NS(=O)(=O)c4ccccc4)c(Cl)n3)n2)C1(C)C.CC1(C)C(COc2ccn(-c3ccc(C(=O)O)c(Cl)c3)n2)C1(C)C.NS(=O)(=O)c1ccccc1.[2H]CI.[2H][B].[U]. The first-order valence-electron chi connectivity index (χ1n) is 22.5. The number of benzene rings is 3. The van der Waals surface area contributed by atoms with E-state index in [4.69, 9.17) is 45.6 Å². The zero-order valence-corrected chi connectivity index (χ0v) is 49.8. The summed E-state index contributed by atoms with van der Waals surface area (Å²) in [4.78, 5) is 28.3. The zero-order valence-electron chi connectivity index (χ0n) is 42.3. The first-order valence-corrected chi connectivity index (χ1v) is 26.5. The van der Waals surface area contributed by atoms with E-state index in [0.29, 0.717) is 53.2 Å². The van der Waals surface area contributed by atoms with Crippen molar-refractivity contribution in [3.63, 3.8) is 0 Å². The molecule has 0 atom stereocenters. The summed E-state index contributed by atoms with van der Waals surface area (Å²) in [5.74, 6) is 0.387. The second-order valence-corrected chi connectivity index (χ2v) is 22.4. The number of nitrogens with two attached hydrogens (primary N) is 1. The van der Waals surface area contributed by atoms with Crippen LogP contribution in [0, 0.1) is 64.6 Å². The third-order valence-corrected chi connectivity index (χ3v) is 16.6. The van der Waals surface area contributed by atoms with Crippen LogP contribution in [0.5, 0.6) is 11.8 Å². The Morgan fingerprint density at radius 3 is 1.59 bits per heavy atom. The van der Waals surface area contributed by atoms with Crippen LogP contribution in [0.3, 0.4) is 0 Å². The number of amides is 1. The van der Waals surface area contributed by atoms with Gasteiger partial charge >= 0.3 is 5.97 Å². The number of carboxylic acid groups (broad SMARTS) is 1. The molecule has 23 heteroatoms. The molecule has 0 bridgehead atoms. The Labute approximate surface area is 468 Å². The maximum atomic E-state index is 12.5. The number of sulfonamides is 2. The van der Waals surface area contributed by atoms with Crippen molar-refractivity contribution < 1.29 is 73.5 Å². The Morgan fingerprint density at radius 1 is 0.746 bits per heavy atom. The maximum absolute atomic E-state index is 12.5. The number of aromatic carboxylic acids is 1. The third kappa shape index (κ3) is 14.4. The smallest absolute Gasteiger partial charge is 0.337 e. The molecule has 2 aliphatic carbocycles. The average molecular weight is 1390 g/mol. The summed E-state index contributed by atoms with van der Waals surface area (Å²) < 4.78 is 74.3. The number of hydrogen-bond acceptors (Lipinski definition) is 11. The predicted octanol–water partition coefficient (Wildman–Crippen LogP) is 9.12. The molecule has 0 saturated heterocycles. The summed E-state index contributed by atoms with van der Waals surface area (Å²) in [6, 6.07) is 26.6. The van der Waals surface area contributed by atoms with Crippen LogP contribution in [0.4, 0.5) is 0 Å². The largest absolute Gasteiger partial charge is 0.478 e. The Bertz CT molecular complexity index is 3020. The summed E-state index contributed by atoms with van der Waals surface area (Å²) in [5, 5.41) is 22.6. The normalized spacial score (nSPS) is 16.0. The van der Waals surface area contributed by atoms with Gasteiger partial charge in [0.05, 0.1) is 44.8 Å². The Kier molecular flexibility index (Phi) is 19.9. The monoisotopic (exact) mass is 1390 g/mol. The number of carbonyl (C=O) groups excluding carboxylic acids is 1. The van der Waals surface area contributed by atoms with Crippen molar-refractivity contribution in [2.45, 2.75) is 65.2 Å². The molecule has 0 spiro atoms. The maximum Gasteiger partial charge on any atom is 0.337 e. The summed E-state index contributed by atoms with van der Waals surface area (Å²) in [6.45, 7) is 19.1. The summed E-state index contributed by atoms with van der Waals surface area (Å²) in [7, 11) is -3.78. The molecule has 378 valence electrons. The molecule has 71 heavy (non-hydrogen) atoms. The number of nitrogens with zero attached hydrogens (tertiary/aromatic N) is 5. The quantitative estimate of drug-likeness (QED) is 0.0426. The van der Waals surface area contributed by atoms with Crippen LogP contribution in [0.2, 0.25) is 10.2 Å². The van der Waals surface area contributed by atoms with Crippen molar-refractivity contribution in [3.8, 4) is 23.3 Å². The molecular formula is C48H57BCl2IN7O9S2U. The fourth-order valence-corrected chi connectivity index (χ4v) is 9.88. The molecule has 0 unspecified atom stereocenters. The number of rotatable bonds is 13. The summed E-state index contributed by atoms with van der Waals surface area (Å²) in [5.41, 5.74) is 1.67. The Hall–Kier alpha value is -3.94. The number of carbonyl (C=O) groups is 2.